The molecule has 1 heterocycles. The fourth-order valence-electron chi connectivity index (χ4n) is 3.83. The van der Waals surface area contributed by atoms with Gasteiger partial charge in [-0.1, -0.05) is 56.9 Å². The Morgan fingerprint density at radius 2 is 1.72 bits per heavy atom. The molecule has 0 aromatic heterocycles. The lowest BCUT2D eigenvalue weighted by Crippen LogP contribution is -2.43. The van der Waals surface area contributed by atoms with E-state index in [2.05, 4.69) is 47.3 Å². The zero-order valence-corrected chi connectivity index (χ0v) is 15.4. The van der Waals surface area contributed by atoms with Crippen molar-refractivity contribution in [2.45, 2.75) is 51.9 Å². The predicted octanol–water partition coefficient (Wildman–Crippen LogP) is 5.50. The molecule has 0 saturated carbocycles. The van der Waals surface area contributed by atoms with Crippen LogP contribution in [0.1, 0.15) is 57.4 Å². The highest BCUT2D eigenvalue weighted by molar-refractivity contribution is 5.97. The molecular formula is C22H29N3. The van der Waals surface area contributed by atoms with Gasteiger partial charge in [-0.15, -0.1) is 0 Å². The number of anilines is 1. The quantitative estimate of drug-likeness (QED) is 0.653. The number of benzene rings is 2. The summed E-state index contributed by atoms with van der Waals surface area (Å²) in [6.07, 6.45) is 9.00. The summed E-state index contributed by atoms with van der Waals surface area (Å²) in [5, 5.41) is 16.7. The molecule has 0 radical (unpaired) electrons. The van der Waals surface area contributed by atoms with Crippen molar-refractivity contribution in [3.05, 3.63) is 42.0 Å². The average Bonchev–Trinajstić information content (AvgIpc) is 2.90. The second-order valence-corrected chi connectivity index (χ2v) is 6.99. The van der Waals surface area contributed by atoms with Crippen LogP contribution in [0, 0.1) is 11.3 Å². The maximum atomic E-state index is 9.43. The van der Waals surface area contributed by atoms with Gasteiger partial charge >= 0.3 is 0 Å². The minimum Gasteiger partial charge on any atom is -0.305 e. The Balaban J connectivity index is 1.91. The van der Waals surface area contributed by atoms with Crippen LogP contribution >= 0.6 is 0 Å². The number of rotatable bonds is 6. The van der Waals surface area contributed by atoms with Crippen LogP contribution in [0.3, 0.4) is 0 Å². The molecule has 0 atom stereocenters. The molecule has 1 saturated heterocycles. The van der Waals surface area contributed by atoms with E-state index >= 15 is 0 Å². The van der Waals surface area contributed by atoms with Crippen LogP contribution in [0.5, 0.6) is 0 Å². The molecule has 0 spiro atoms. The lowest BCUT2D eigenvalue weighted by Gasteiger charge is -2.36. The highest BCUT2D eigenvalue weighted by Gasteiger charge is 2.20. The summed E-state index contributed by atoms with van der Waals surface area (Å²) >= 11 is 0. The first kappa shape index (κ1) is 17.8. The second-order valence-electron chi connectivity index (χ2n) is 6.99. The third kappa shape index (κ3) is 4.14. The van der Waals surface area contributed by atoms with Crippen molar-refractivity contribution in [2.24, 2.45) is 0 Å². The normalized spacial score (nSPS) is 15.9. The summed E-state index contributed by atoms with van der Waals surface area (Å²) in [6.45, 7) is 5.61. The minimum atomic E-state index is 0.767. The van der Waals surface area contributed by atoms with Gasteiger partial charge in [0, 0.05) is 30.4 Å². The van der Waals surface area contributed by atoms with E-state index in [-0.39, 0.29) is 0 Å². The van der Waals surface area contributed by atoms with Gasteiger partial charge in [0.25, 0.3) is 0 Å². The van der Waals surface area contributed by atoms with Crippen LogP contribution in [-0.2, 0) is 0 Å². The van der Waals surface area contributed by atoms with Crippen LogP contribution in [0.25, 0.3) is 10.8 Å². The lowest BCUT2D eigenvalue weighted by atomic mass is 10.0. The number of nitriles is 1. The Labute approximate surface area is 151 Å². The van der Waals surface area contributed by atoms with Gasteiger partial charge in [-0.2, -0.15) is 5.26 Å². The van der Waals surface area contributed by atoms with E-state index in [4.69, 9.17) is 0 Å². The summed E-state index contributed by atoms with van der Waals surface area (Å²) in [7, 11) is 0. The SMILES string of the molecule is CCCCCCN1CCCCCN1c1ccc(C#N)c2ccccc12. The van der Waals surface area contributed by atoms with Gasteiger partial charge in [0.2, 0.25) is 0 Å². The summed E-state index contributed by atoms with van der Waals surface area (Å²) in [5.41, 5.74) is 2.02. The molecule has 0 amide bonds. The second kappa shape index (κ2) is 8.87. The van der Waals surface area contributed by atoms with Crippen LogP contribution in [0.4, 0.5) is 5.69 Å². The van der Waals surface area contributed by atoms with Gasteiger partial charge in [0.05, 0.1) is 17.3 Å². The Kier molecular flexibility index (Phi) is 6.30. The van der Waals surface area contributed by atoms with Crippen molar-refractivity contribution >= 4 is 16.5 Å². The predicted molar refractivity (Wildman–Crippen MR) is 106 cm³/mol. The Bertz CT molecular complexity index is 732. The molecule has 25 heavy (non-hydrogen) atoms. The molecule has 1 fully saturated rings. The first-order valence-corrected chi connectivity index (χ1v) is 9.79. The van der Waals surface area contributed by atoms with E-state index in [0.717, 1.165) is 30.6 Å². The van der Waals surface area contributed by atoms with Crippen molar-refractivity contribution in [3.63, 3.8) is 0 Å². The zero-order chi connectivity index (χ0) is 17.5. The molecule has 0 aliphatic carbocycles. The van der Waals surface area contributed by atoms with E-state index in [1.54, 1.807) is 0 Å². The number of fused-ring (bicyclic) bond motifs is 1. The number of hydrazine groups is 1. The molecule has 132 valence electrons. The molecule has 3 heteroatoms. The van der Waals surface area contributed by atoms with Crippen LogP contribution in [0.2, 0.25) is 0 Å². The topological polar surface area (TPSA) is 30.3 Å². The fourth-order valence-corrected chi connectivity index (χ4v) is 3.83. The number of hydrogen-bond acceptors (Lipinski definition) is 3. The average molecular weight is 335 g/mol. The molecule has 0 unspecified atom stereocenters. The summed E-state index contributed by atoms with van der Waals surface area (Å²) in [5.74, 6) is 0. The van der Waals surface area contributed by atoms with Crippen LogP contribution in [-0.4, -0.2) is 24.6 Å². The summed E-state index contributed by atoms with van der Waals surface area (Å²) < 4.78 is 0. The van der Waals surface area contributed by atoms with Gasteiger partial charge in [-0.25, -0.2) is 5.01 Å². The van der Waals surface area contributed by atoms with Gasteiger partial charge < -0.3 is 5.01 Å². The maximum Gasteiger partial charge on any atom is 0.0998 e. The fraction of sp³-hybridized carbons (Fsp3) is 0.500. The van der Waals surface area contributed by atoms with E-state index in [9.17, 15) is 5.26 Å². The summed E-state index contributed by atoms with van der Waals surface area (Å²) in [4.78, 5) is 0. The zero-order valence-electron chi connectivity index (χ0n) is 15.4. The number of hydrogen-bond donors (Lipinski definition) is 0. The Hall–Kier alpha value is -2.05. The molecule has 0 N–H and O–H groups in total. The molecular weight excluding hydrogens is 306 g/mol. The van der Waals surface area contributed by atoms with E-state index in [0.29, 0.717) is 0 Å². The standard InChI is InChI=1S/C22H29N3/c1-2-3-4-8-15-24-16-9-5-10-17-25(24)22-14-13-19(18-23)20-11-6-7-12-21(20)22/h6-7,11-14H,2-5,8-10,15-17H2,1H3. The molecule has 1 aliphatic rings. The first-order valence-electron chi connectivity index (χ1n) is 9.79. The van der Waals surface area contributed by atoms with E-state index < -0.39 is 0 Å². The monoisotopic (exact) mass is 335 g/mol. The largest absolute Gasteiger partial charge is 0.305 e. The highest BCUT2D eigenvalue weighted by atomic mass is 15.6. The van der Waals surface area contributed by atoms with Gasteiger partial charge in [0.15, 0.2) is 0 Å². The van der Waals surface area contributed by atoms with Crippen LogP contribution in [0.15, 0.2) is 36.4 Å². The Morgan fingerprint density at radius 3 is 2.52 bits per heavy atom. The third-order valence-electron chi connectivity index (χ3n) is 5.20. The van der Waals surface area contributed by atoms with E-state index in [1.807, 2.05) is 12.1 Å². The van der Waals surface area contributed by atoms with Gasteiger partial charge in [-0.05, 0) is 31.4 Å². The molecule has 1 aliphatic heterocycles. The molecule has 3 rings (SSSR count). The molecule has 2 aromatic rings. The van der Waals surface area contributed by atoms with Gasteiger partial charge in [-0.3, -0.25) is 0 Å². The maximum absolute atomic E-state index is 9.43. The summed E-state index contributed by atoms with van der Waals surface area (Å²) in [6, 6.07) is 14.8. The minimum absolute atomic E-state index is 0.767. The van der Waals surface area contributed by atoms with Crippen molar-refractivity contribution in [1.82, 2.24) is 5.01 Å². The number of unbranched alkanes of at least 4 members (excludes halogenated alkanes) is 3. The molecule has 0 bridgehead atoms. The number of nitrogens with zero attached hydrogens (tertiary/aromatic N) is 3. The highest BCUT2D eigenvalue weighted by Crippen LogP contribution is 2.31. The first-order chi connectivity index (χ1) is 12.3. The van der Waals surface area contributed by atoms with Crippen molar-refractivity contribution in [3.8, 4) is 6.07 Å². The molecule has 3 nitrogen and oxygen atoms in total. The lowest BCUT2D eigenvalue weighted by molar-refractivity contribution is 0.256. The van der Waals surface area contributed by atoms with E-state index in [1.165, 1.54) is 56.0 Å². The molecule has 2 aromatic carbocycles. The van der Waals surface area contributed by atoms with Crippen molar-refractivity contribution in [2.75, 3.05) is 24.6 Å². The van der Waals surface area contributed by atoms with Crippen molar-refractivity contribution < 1.29 is 0 Å². The van der Waals surface area contributed by atoms with Crippen LogP contribution < -0.4 is 5.01 Å². The smallest absolute Gasteiger partial charge is 0.0998 e. The van der Waals surface area contributed by atoms with Gasteiger partial charge in [0.1, 0.15) is 0 Å². The van der Waals surface area contributed by atoms with Crippen molar-refractivity contribution in [1.29, 1.82) is 5.26 Å². The Morgan fingerprint density at radius 1 is 0.920 bits per heavy atom. The third-order valence-corrected chi connectivity index (χ3v) is 5.20.